The molecule has 0 bridgehead atoms. The van der Waals surface area contributed by atoms with Crippen LogP contribution in [-0.4, -0.2) is 10.2 Å². The van der Waals surface area contributed by atoms with Crippen molar-refractivity contribution >= 4 is 0 Å². The molecule has 0 heterocycles. The maximum Gasteiger partial charge on any atom is 0.122 e. The Morgan fingerprint density at radius 2 is 1.23 bits per heavy atom. The van der Waals surface area contributed by atoms with Crippen LogP contribution in [-0.2, 0) is 23.7 Å². The van der Waals surface area contributed by atoms with E-state index < -0.39 is 0 Å². The van der Waals surface area contributed by atoms with Gasteiger partial charge in [-0.05, 0) is 71.4 Å². The van der Waals surface area contributed by atoms with Gasteiger partial charge in [-0.25, -0.2) is 0 Å². The SMILES string of the molecule is Cc1cc(CCc2cc(O)c(C(C)(C)C)cc2C)c(O)c(C(C)(C)C)c1. The molecule has 0 aliphatic rings. The number of aryl methyl sites for hydroxylation is 4. The lowest BCUT2D eigenvalue weighted by Gasteiger charge is -2.24. The summed E-state index contributed by atoms with van der Waals surface area (Å²) in [5.41, 5.74) is 6.28. The highest BCUT2D eigenvalue weighted by atomic mass is 16.3. The molecule has 0 fully saturated rings. The van der Waals surface area contributed by atoms with Gasteiger partial charge in [0.2, 0.25) is 0 Å². The quantitative estimate of drug-likeness (QED) is 0.699. The van der Waals surface area contributed by atoms with Gasteiger partial charge < -0.3 is 10.2 Å². The molecular formula is C24H34O2. The second-order valence-electron chi connectivity index (χ2n) is 9.62. The Morgan fingerprint density at radius 1 is 0.692 bits per heavy atom. The van der Waals surface area contributed by atoms with E-state index in [1.807, 2.05) is 6.07 Å². The average Bonchev–Trinajstić information content (AvgIpc) is 2.48. The van der Waals surface area contributed by atoms with Gasteiger partial charge in [-0.2, -0.15) is 0 Å². The maximum absolute atomic E-state index is 10.8. The monoisotopic (exact) mass is 354 g/mol. The molecule has 2 nitrogen and oxygen atoms in total. The second-order valence-corrected chi connectivity index (χ2v) is 9.62. The van der Waals surface area contributed by atoms with Gasteiger partial charge >= 0.3 is 0 Å². The Balaban J connectivity index is 2.33. The summed E-state index contributed by atoms with van der Waals surface area (Å²) in [6.45, 7) is 16.9. The van der Waals surface area contributed by atoms with E-state index in [0.717, 1.165) is 35.1 Å². The molecule has 142 valence electrons. The normalized spacial score (nSPS) is 12.5. The summed E-state index contributed by atoms with van der Waals surface area (Å²) >= 11 is 0. The van der Waals surface area contributed by atoms with E-state index >= 15 is 0 Å². The largest absolute Gasteiger partial charge is 0.508 e. The predicted octanol–water partition coefficient (Wildman–Crippen LogP) is 6.09. The highest BCUT2D eigenvalue weighted by molar-refractivity contribution is 5.48. The van der Waals surface area contributed by atoms with Crippen molar-refractivity contribution in [1.29, 1.82) is 0 Å². The van der Waals surface area contributed by atoms with Crippen molar-refractivity contribution in [3.05, 3.63) is 57.6 Å². The fourth-order valence-electron chi connectivity index (χ4n) is 3.50. The molecule has 2 rings (SSSR count). The summed E-state index contributed by atoms with van der Waals surface area (Å²) in [5.74, 6) is 0.776. The lowest BCUT2D eigenvalue weighted by molar-refractivity contribution is 0.439. The molecule has 0 radical (unpaired) electrons. The van der Waals surface area contributed by atoms with Crippen molar-refractivity contribution in [2.45, 2.75) is 79.1 Å². The van der Waals surface area contributed by atoms with Gasteiger partial charge in [0.25, 0.3) is 0 Å². The van der Waals surface area contributed by atoms with Crippen molar-refractivity contribution in [2.75, 3.05) is 0 Å². The van der Waals surface area contributed by atoms with Crippen LogP contribution in [0.5, 0.6) is 11.5 Å². The second kappa shape index (κ2) is 6.98. The number of benzene rings is 2. The van der Waals surface area contributed by atoms with E-state index in [9.17, 15) is 10.2 Å². The van der Waals surface area contributed by atoms with E-state index in [2.05, 4.69) is 73.6 Å². The molecule has 0 saturated carbocycles. The smallest absolute Gasteiger partial charge is 0.122 e. The number of rotatable bonds is 3. The topological polar surface area (TPSA) is 40.5 Å². The molecule has 0 aliphatic heterocycles. The van der Waals surface area contributed by atoms with Crippen molar-refractivity contribution in [3.8, 4) is 11.5 Å². The Labute approximate surface area is 158 Å². The fourth-order valence-corrected chi connectivity index (χ4v) is 3.50. The summed E-state index contributed by atoms with van der Waals surface area (Å²) in [6.07, 6.45) is 1.55. The highest BCUT2D eigenvalue weighted by Crippen LogP contribution is 2.36. The fraction of sp³-hybridized carbons (Fsp3) is 0.500. The van der Waals surface area contributed by atoms with E-state index in [1.54, 1.807) is 0 Å². The molecule has 2 aromatic rings. The Morgan fingerprint density at radius 3 is 1.77 bits per heavy atom. The van der Waals surface area contributed by atoms with Crippen LogP contribution in [0.15, 0.2) is 24.3 Å². The van der Waals surface area contributed by atoms with Crippen molar-refractivity contribution in [1.82, 2.24) is 0 Å². The number of aromatic hydroxyl groups is 2. The first kappa shape index (κ1) is 20.4. The first-order valence-electron chi connectivity index (χ1n) is 9.46. The zero-order valence-corrected chi connectivity index (χ0v) is 17.6. The highest BCUT2D eigenvalue weighted by Gasteiger charge is 2.22. The summed E-state index contributed by atoms with van der Waals surface area (Å²) in [5, 5.41) is 21.2. The molecule has 2 aromatic carbocycles. The molecule has 0 spiro atoms. The van der Waals surface area contributed by atoms with Gasteiger partial charge in [0.15, 0.2) is 0 Å². The van der Waals surface area contributed by atoms with E-state index in [4.69, 9.17) is 0 Å². The zero-order valence-electron chi connectivity index (χ0n) is 17.6. The van der Waals surface area contributed by atoms with Gasteiger partial charge in [-0.1, -0.05) is 65.3 Å². The van der Waals surface area contributed by atoms with Crippen LogP contribution in [0.1, 0.15) is 74.9 Å². The van der Waals surface area contributed by atoms with Crippen molar-refractivity contribution in [2.24, 2.45) is 0 Å². The van der Waals surface area contributed by atoms with Crippen molar-refractivity contribution in [3.63, 3.8) is 0 Å². The first-order valence-corrected chi connectivity index (χ1v) is 9.46. The first-order chi connectivity index (χ1) is 11.8. The van der Waals surface area contributed by atoms with Crippen LogP contribution in [0.4, 0.5) is 0 Å². The minimum atomic E-state index is -0.0899. The molecule has 0 aliphatic carbocycles. The lowest BCUT2D eigenvalue weighted by atomic mass is 9.82. The average molecular weight is 355 g/mol. The van der Waals surface area contributed by atoms with Crippen LogP contribution < -0.4 is 0 Å². The van der Waals surface area contributed by atoms with Crippen LogP contribution in [0.25, 0.3) is 0 Å². The van der Waals surface area contributed by atoms with Crippen LogP contribution in [0, 0.1) is 13.8 Å². The van der Waals surface area contributed by atoms with Gasteiger partial charge in [0.1, 0.15) is 11.5 Å². The zero-order chi connectivity index (χ0) is 19.9. The van der Waals surface area contributed by atoms with E-state index in [-0.39, 0.29) is 10.8 Å². The molecule has 26 heavy (non-hydrogen) atoms. The summed E-state index contributed by atoms with van der Waals surface area (Å²) in [6, 6.07) is 8.14. The Bertz CT molecular complexity index is 802. The number of hydrogen-bond acceptors (Lipinski definition) is 2. The molecule has 0 atom stereocenters. The Kier molecular flexibility index (Phi) is 5.46. The molecule has 0 unspecified atom stereocenters. The summed E-state index contributed by atoms with van der Waals surface area (Å²) in [4.78, 5) is 0. The van der Waals surface area contributed by atoms with E-state index in [0.29, 0.717) is 11.5 Å². The molecular weight excluding hydrogens is 320 g/mol. The number of hydrogen-bond donors (Lipinski definition) is 2. The third kappa shape index (κ3) is 4.41. The molecule has 2 heteroatoms. The molecule has 0 amide bonds. The third-order valence-electron chi connectivity index (χ3n) is 5.07. The van der Waals surface area contributed by atoms with Crippen LogP contribution in [0.3, 0.4) is 0 Å². The summed E-state index contributed by atoms with van der Waals surface area (Å²) in [7, 11) is 0. The Hall–Kier alpha value is -1.96. The lowest BCUT2D eigenvalue weighted by Crippen LogP contribution is -2.13. The molecule has 0 saturated heterocycles. The number of phenols is 2. The summed E-state index contributed by atoms with van der Waals surface area (Å²) < 4.78 is 0. The third-order valence-corrected chi connectivity index (χ3v) is 5.07. The van der Waals surface area contributed by atoms with Gasteiger partial charge in [0.05, 0.1) is 0 Å². The minimum absolute atomic E-state index is 0.0796. The van der Waals surface area contributed by atoms with Crippen molar-refractivity contribution < 1.29 is 10.2 Å². The van der Waals surface area contributed by atoms with Gasteiger partial charge in [0, 0.05) is 0 Å². The molecule has 0 aromatic heterocycles. The van der Waals surface area contributed by atoms with Crippen LogP contribution in [0.2, 0.25) is 0 Å². The maximum atomic E-state index is 10.8. The standard InChI is InChI=1S/C24H34O2/c1-15-11-18(22(26)20(12-15)24(6,7)8)10-9-17-14-21(25)19(13-16(17)2)23(3,4)5/h11-14,25-26H,9-10H2,1-8H3. The minimum Gasteiger partial charge on any atom is -0.508 e. The van der Waals surface area contributed by atoms with Crippen LogP contribution >= 0.6 is 0 Å². The van der Waals surface area contributed by atoms with Gasteiger partial charge in [-0.15, -0.1) is 0 Å². The number of phenolic OH excluding ortho intramolecular Hbond substituents is 2. The van der Waals surface area contributed by atoms with Gasteiger partial charge in [-0.3, -0.25) is 0 Å². The molecule has 2 N–H and O–H groups in total. The van der Waals surface area contributed by atoms with E-state index in [1.165, 1.54) is 11.1 Å². The predicted molar refractivity (Wildman–Crippen MR) is 110 cm³/mol.